The van der Waals surface area contributed by atoms with Gasteiger partial charge in [0.15, 0.2) is 0 Å². The van der Waals surface area contributed by atoms with Crippen LogP contribution in [0.25, 0.3) is 0 Å². The first-order chi connectivity index (χ1) is 15.7. The number of anilines is 2. The molecule has 0 bridgehead atoms. The van der Waals surface area contributed by atoms with Crippen molar-refractivity contribution in [3.63, 3.8) is 0 Å². The minimum absolute atomic E-state index is 0.156. The lowest BCUT2D eigenvalue weighted by Gasteiger charge is -2.13. The Labute approximate surface area is 210 Å². The van der Waals surface area contributed by atoms with Crippen LogP contribution in [0.1, 0.15) is 20.7 Å². The maximum Gasteiger partial charge on any atom is 0.258 e. The third-order valence-corrected chi connectivity index (χ3v) is 6.93. The highest BCUT2D eigenvalue weighted by Gasteiger charge is 2.17. The Morgan fingerprint density at radius 1 is 0.970 bits per heavy atom. The predicted octanol–water partition coefficient (Wildman–Crippen LogP) is 4.87. The zero-order valence-electron chi connectivity index (χ0n) is 17.1. The van der Waals surface area contributed by atoms with Crippen molar-refractivity contribution in [2.24, 2.45) is 0 Å². The van der Waals surface area contributed by atoms with Gasteiger partial charge in [-0.25, -0.2) is 13.9 Å². The van der Waals surface area contributed by atoms with Crippen molar-refractivity contribution in [1.82, 2.24) is 9.71 Å². The summed E-state index contributed by atoms with van der Waals surface area (Å²) in [5, 5.41) is 6.74. The first-order valence-electron chi connectivity index (χ1n) is 9.51. The van der Waals surface area contributed by atoms with Gasteiger partial charge in [-0.05, 0) is 60.5 Å². The molecule has 11 heteroatoms. The van der Waals surface area contributed by atoms with Crippen LogP contribution in [0.2, 0.25) is 10.0 Å². The molecule has 2 aromatic carbocycles. The van der Waals surface area contributed by atoms with E-state index in [1.165, 1.54) is 18.3 Å². The van der Waals surface area contributed by atoms with E-state index in [2.05, 4.69) is 42.1 Å². The molecule has 1 atom stereocenters. The van der Waals surface area contributed by atoms with Crippen LogP contribution >= 0.6 is 39.1 Å². The summed E-state index contributed by atoms with van der Waals surface area (Å²) in [5.74, 6) is 3.06. The van der Waals surface area contributed by atoms with E-state index in [1.54, 1.807) is 42.5 Å². The number of hydrogen-bond donors (Lipinski definition) is 3. The van der Waals surface area contributed by atoms with Gasteiger partial charge in [-0.1, -0.05) is 39.1 Å². The highest BCUT2D eigenvalue weighted by molar-refractivity contribution is 9.09. The Morgan fingerprint density at radius 2 is 1.67 bits per heavy atom. The van der Waals surface area contributed by atoms with E-state index in [0.717, 1.165) is 0 Å². The van der Waals surface area contributed by atoms with Gasteiger partial charge in [-0.2, -0.15) is 0 Å². The summed E-state index contributed by atoms with van der Waals surface area (Å²) in [6.45, 7) is 0.484. The van der Waals surface area contributed by atoms with Crippen LogP contribution in [0.5, 0.6) is 0 Å². The van der Waals surface area contributed by atoms with Crippen molar-refractivity contribution in [1.29, 1.82) is 0 Å². The Hall–Kier alpha value is -2.43. The number of aromatic nitrogens is 1. The van der Waals surface area contributed by atoms with Crippen LogP contribution in [-0.4, -0.2) is 38.8 Å². The van der Waals surface area contributed by atoms with E-state index in [-0.39, 0.29) is 11.3 Å². The predicted molar refractivity (Wildman–Crippen MR) is 138 cm³/mol. The Kier molecular flexibility index (Phi) is 8.50. The molecule has 0 spiro atoms. The smallest absolute Gasteiger partial charge is 0.258 e. The van der Waals surface area contributed by atoms with Crippen molar-refractivity contribution in [2.45, 2.75) is 4.90 Å². The standard InChI is InChI=1S/C22H19BrCl2N4O3S/c1-33(32,27-11-10-23)17-6-2-14(3-7-17)21(30)28-19-8-4-15(24)12-18(19)22(31)29-20-9-5-16(25)13-26-20/h2-9,12-13H,1,10-11H2,(H,27,32)(H,28,30)(H,26,29,31). The minimum atomic E-state index is -2.67. The van der Waals surface area contributed by atoms with Crippen molar-refractivity contribution in [3.05, 3.63) is 82.0 Å². The number of halogens is 3. The maximum absolute atomic E-state index is 12.8. The number of benzene rings is 2. The molecule has 1 aromatic heterocycles. The van der Waals surface area contributed by atoms with Gasteiger partial charge in [0.2, 0.25) is 0 Å². The van der Waals surface area contributed by atoms with Gasteiger partial charge in [0, 0.05) is 33.6 Å². The maximum atomic E-state index is 12.8. The summed E-state index contributed by atoms with van der Waals surface area (Å²) in [6, 6.07) is 13.9. The number of carbonyl (C=O) groups is 2. The summed E-state index contributed by atoms with van der Waals surface area (Å²) < 4.78 is 15.5. The molecule has 0 saturated carbocycles. The monoisotopic (exact) mass is 568 g/mol. The zero-order chi connectivity index (χ0) is 24.0. The van der Waals surface area contributed by atoms with Gasteiger partial charge in [0.1, 0.15) is 5.82 Å². The molecule has 1 heterocycles. The first kappa shape index (κ1) is 25.2. The normalized spacial score (nSPS) is 12.6. The Balaban J connectivity index is 1.78. The summed E-state index contributed by atoms with van der Waals surface area (Å²) in [6.07, 6.45) is 1.40. The number of nitrogens with one attached hydrogen (secondary N) is 3. The van der Waals surface area contributed by atoms with Crippen molar-refractivity contribution in [3.8, 4) is 0 Å². The molecule has 0 aliphatic heterocycles. The lowest BCUT2D eigenvalue weighted by molar-refractivity contribution is 0.102. The molecule has 3 N–H and O–H groups in total. The lowest BCUT2D eigenvalue weighted by Crippen LogP contribution is -2.25. The molecule has 0 aliphatic rings. The van der Waals surface area contributed by atoms with Crippen LogP contribution in [0.15, 0.2) is 65.7 Å². The second kappa shape index (κ2) is 11.1. The Bertz CT molecular complexity index is 1270. The topological polar surface area (TPSA) is 100 Å². The third-order valence-electron chi connectivity index (χ3n) is 4.37. The molecule has 0 saturated heterocycles. The molecule has 1 unspecified atom stereocenters. The average Bonchev–Trinajstić information content (AvgIpc) is 2.80. The second-order valence-electron chi connectivity index (χ2n) is 6.74. The average molecular weight is 570 g/mol. The summed E-state index contributed by atoms with van der Waals surface area (Å²) in [5.41, 5.74) is 0.735. The van der Waals surface area contributed by atoms with E-state index in [0.29, 0.717) is 38.2 Å². The van der Waals surface area contributed by atoms with E-state index in [1.807, 2.05) is 0 Å². The van der Waals surface area contributed by atoms with Gasteiger partial charge in [-0.15, -0.1) is 0 Å². The number of carbonyl (C=O) groups excluding carboxylic acids is 2. The van der Waals surface area contributed by atoms with E-state index >= 15 is 0 Å². The lowest BCUT2D eigenvalue weighted by atomic mass is 10.1. The zero-order valence-corrected chi connectivity index (χ0v) is 21.0. The fourth-order valence-corrected chi connectivity index (χ4v) is 4.67. The van der Waals surface area contributed by atoms with Crippen LogP contribution in [0.3, 0.4) is 0 Å². The number of nitrogens with zero attached hydrogens (tertiary/aromatic N) is 1. The summed E-state index contributed by atoms with van der Waals surface area (Å²) >= 11 is 15.1. The van der Waals surface area contributed by atoms with E-state index in [4.69, 9.17) is 23.2 Å². The summed E-state index contributed by atoms with van der Waals surface area (Å²) in [4.78, 5) is 30.1. The number of alkyl halides is 1. The molecule has 3 rings (SSSR count). The molecular weight excluding hydrogens is 551 g/mol. The summed E-state index contributed by atoms with van der Waals surface area (Å²) in [7, 11) is -2.67. The Morgan fingerprint density at radius 3 is 2.30 bits per heavy atom. The molecule has 2 amide bonds. The van der Waals surface area contributed by atoms with E-state index < -0.39 is 21.5 Å². The molecule has 7 nitrogen and oxygen atoms in total. The van der Waals surface area contributed by atoms with E-state index in [9.17, 15) is 13.8 Å². The molecule has 3 aromatic rings. The van der Waals surface area contributed by atoms with Gasteiger partial charge in [0.25, 0.3) is 11.8 Å². The minimum Gasteiger partial charge on any atom is -0.321 e. The highest BCUT2D eigenvalue weighted by Crippen LogP contribution is 2.23. The van der Waals surface area contributed by atoms with Crippen LogP contribution in [-0.2, 0) is 9.71 Å². The van der Waals surface area contributed by atoms with Gasteiger partial charge in [-0.3, -0.25) is 9.59 Å². The largest absolute Gasteiger partial charge is 0.321 e. The van der Waals surface area contributed by atoms with Crippen LogP contribution in [0, 0.1) is 0 Å². The SMILES string of the molecule is C=S(=O)(NCCBr)c1ccc(C(=O)Nc2ccc(Cl)cc2C(=O)Nc2ccc(Cl)cn2)cc1. The van der Waals surface area contributed by atoms with Crippen LogP contribution < -0.4 is 15.4 Å². The fraction of sp³-hybridized carbons (Fsp3) is 0.0909. The highest BCUT2D eigenvalue weighted by atomic mass is 79.9. The van der Waals surface area contributed by atoms with Crippen molar-refractivity contribution < 1.29 is 13.8 Å². The van der Waals surface area contributed by atoms with Crippen LogP contribution in [0.4, 0.5) is 11.5 Å². The number of pyridine rings is 1. The molecule has 172 valence electrons. The molecule has 0 fully saturated rings. The molecule has 0 radical (unpaired) electrons. The number of rotatable bonds is 8. The van der Waals surface area contributed by atoms with Gasteiger partial charge in [0.05, 0.1) is 26.0 Å². The number of amides is 2. The van der Waals surface area contributed by atoms with Crippen molar-refractivity contribution >= 4 is 78.0 Å². The molecule has 0 aliphatic carbocycles. The quantitative estimate of drug-likeness (QED) is 0.266. The molecule has 33 heavy (non-hydrogen) atoms. The van der Waals surface area contributed by atoms with Gasteiger partial charge < -0.3 is 10.6 Å². The second-order valence-corrected chi connectivity index (χ2v) is 10.5. The van der Waals surface area contributed by atoms with Gasteiger partial charge >= 0.3 is 0 Å². The first-order valence-corrected chi connectivity index (χ1v) is 13.1. The molecular formula is C22H19BrCl2N4O3S. The number of hydrogen-bond acceptors (Lipinski definition) is 4. The fourth-order valence-electron chi connectivity index (χ4n) is 2.75. The van der Waals surface area contributed by atoms with Crippen molar-refractivity contribution in [2.75, 3.05) is 22.5 Å². The third kappa shape index (κ3) is 6.78.